The van der Waals surface area contributed by atoms with E-state index in [0.717, 1.165) is 0 Å². The van der Waals surface area contributed by atoms with Crippen LogP contribution in [0.15, 0.2) is 18.2 Å². The summed E-state index contributed by atoms with van der Waals surface area (Å²) in [6, 6.07) is 4.15. The Labute approximate surface area is 120 Å². The van der Waals surface area contributed by atoms with Crippen LogP contribution in [0.3, 0.4) is 0 Å². The fourth-order valence-corrected chi connectivity index (χ4v) is 1.80. The van der Waals surface area contributed by atoms with Crippen molar-refractivity contribution in [3.63, 3.8) is 0 Å². The molecule has 0 aliphatic heterocycles. The van der Waals surface area contributed by atoms with Crippen molar-refractivity contribution in [3.05, 3.63) is 29.3 Å². The zero-order valence-electron chi connectivity index (χ0n) is 11.2. The Morgan fingerprint density at radius 3 is 2.48 bits per heavy atom. The molecule has 0 heterocycles. The maximum Gasteiger partial charge on any atom is 0.433 e. The molecule has 0 unspecified atom stereocenters. The molecule has 1 aromatic rings. The van der Waals surface area contributed by atoms with Gasteiger partial charge in [-0.15, -0.1) is 0 Å². The van der Waals surface area contributed by atoms with Crippen LogP contribution < -0.4 is 4.74 Å². The standard InChI is InChI=1S/C12H15O8P/c1-2-19-11(14)10-8(6-7-13)4-3-5-9(10)20-12(15)21(16,17)18/h3-5,13H,2,6-7H2,1H3,(H2,16,17,18). The highest BCUT2D eigenvalue weighted by Gasteiger charge is 2.30. The fraction of sp³-hybridized carbons (Fsp3) is 0.333. The molecule has 0 fully saturated rings. The molecular formula is C12H15O8P. The van der Waals surface area contributed by atoms with Crippen LogP contribution in [0, 0.1) is 0 Å². The second kappa shape index (κ2) is 7.33. The van der Waals surface area contributed by atoms with Crippen molar-refractivity contribution < 1.29 is 38.5 Å². The van der Waals surface area contributed by atoms with E-state index in [0.29, 0.717) is 5.56 Å². The maximum atomic E-state index is 11.9. The largest absolute Gasteiger partial charge is 0.462 e. The highest BCUT2D eigenvalue weighted by atomic mass is 31.2. The lowest BCUT2D eigenvalue weighted by atomic mass is 10.0. The van der Waals surface area contributed by atoms with Crippen molar-refractivity contribution in [2.24, 2.45) is 0 Å². The van der Waals surface area contributed by atoms with Gasteiger partial charge in [-0.2, -0.15) is 0 Å². The number of carbonyl (C=O) groups is 2. The molecule has 0 aromatic heterocycles. The highest BCUT2D eigenvalue weighted by molar-refractivity contribution is 7.69. The molecule has 0 radical (unpaired) electrons. The number of ether oxygens (including phenoxy) is 2. The number of benzene rings is 1. The zero-order valence-corrected chi connectivity index (χ0v) is 12.1. The van der Waals surface area contributed by atoms with Gasteiger partial charge in [-0.3, -0.25) is 0 Å². The SMILES string of the molecule is CCOC(=O)c1c(CCO)cccc1OC(=O)P(=O)(O)O. The van der Waals surface area contributed by atoms with E-state index in [4.69, 9.17) is 19.6 Å². The van der Waals surface area contributed by atoms with Crippen LogP contribution >= 0.6 is 7.60 Å². The van der Waals surface area contributed by atoms with Gasteiger partial charge in [0.25, 0.3) is 0 Å². The summed E-state index contributed by atoms with van der Waals surface area (Å²) in [7, 11) is -5.08. The number of rotatable bonds is 6. The average molecular weight is 318 g/mol. The van der Waals surface area contributed by atoms with E-state index < -0.39 is 19.3 Å². The molecule has 0 aliphatic carbocycles. The molecule has 3 N–H and O–H groups in total. The zero-order chi connectivity index (χ0) is 16.0. The summed E-state index contributed by atoms with van der Waals surface area (Å²) in [6.45, 7) is 1.38. The Bertz CT molecular complexity index is 577. The Kier molecular flexibility index (Phi) is 6.04. The second-order valence-electron chi connectivity index (χ2n) is 3.90. The Balaban J connectivity index is 3.24. The van der Waals surface area contributed by atoms with Gasteiger partial charge in [0.2, 0.25) is 0 Å². The predicted molar refractivity (Wildman–Crippen MR) is 71.3 cm³/mol. The van der Waals surface area contributed by atoms with Crippen molar-refractivity contribution in [3.8, 4) is 5.75 Å². The number of aliphatic hydroxyl groups excluding tert-OH is 1. The van der Waals surface area contributed by atoms with Crippen LogP contribution in [-0.4, -0.2) is 39.8 Å². The molecule has 0 bridgehead atoms. The fourth-order valence-electron chi connectivity index (χ4n) is 1.58. The third-order valence-corrected chi connectivity index (χ3v) is 2.98. The van der Waals surface area contributed by atoms with Crippen LogP contribution in [0.5, 0.6) is 5.75 Å². The summed E-state index contributed by atoms with van der Waals surface area (Å²) < 4.78 is 20.2. The molecule has 1 rings (SSSR count). The van der Waals surface area contributed by atoms with Gasteiger partial charge < -0.3 is 24.4 Å². The molecule has 8 nitrogen and oxygen atoms in total. The first-order chi connectivity index (χ1) is 9.81. The molecule has 0 saturated carbocycles. The van der Waals surface area contributed by atoms with E-state index in [-0.39, 0.29) is 30.9 Å². The summed E-state index contributed by atoms with van der Waals surface area (Å²) in [6.07, 6.45) is 0.0927. The summed E-state index contributed by atoms with van der Waals surface area (Å²) in [5.41, 5.74) is -1.57. The number of esters is 1. The van der Waals surface area contributed by atoms with Crippen molar-refractivity contribution in [1.29, 1.82) is 0 Å². The van der Waals surface area contributed by atoms with Gasteiger partial charge >= 0.3 is 19.3 Å². The van der Waals surface area contributed by atoms with Gasteiger partial charge in [0.1, 0.15) is 11.3 Å². The monoisotopic (exact) mass is 318 g/mol. The molecule has 116 valence electrons. The normalized spacial score (nSPS) is 11.0. The lowest BCUT2D eigenvalue weighted by molar-refractivity contribution is 0.0522. The average Bonchev–Trinajstić information content (AvgIpc) is 2.38. The van der Waals surface area contributed by atoms with Crippen molar-refractivity contribution in [2.75, 3.05) is 13.2 Å². The van der Waals surface area contributed by atoms with E-state index in [1.807, 2.05) is 0 Å². The van der Waals surface area contributed by atoms with Crippen LogP contribution in [0.2, 0.25) is 0 Å². The van der Waals surface area contributed by atoms with E-state index >= 15 is 0 Å². The maximum absolute atomic E-state index is 11.9. The minimum Gasteiger partial charge on any atom is -0.462 e. The van der Waals surface area contributed by atoms with E-state index in [1.165, 1.54) is 18.2 Å². The Morgan fingerprint density at radius 1 is 1.29 bits per heavy atom. The number of hydrogen-bond acceptors (Lipinski definition) is 6. The van der Waals surface area contributed by atoms with Gasteiger partial charge in [0.05, 0.1) is 6.61 Å². The first kappa shape index (κ1) is 17.3. The van der Waals surface area contributed by atoms with E-state index in [2.05, 4.69) is 4.74 Å². The molecule has 0 spiro atoms. The molecular weight excluding hydrogens is 303 g/mol. The predicted octanol–water partition coefficient (Wildman–Crippen LogP) is 1.07. The summed E-state index contributed by atoms with van der Waals surface area (Å²) in [4.78, 5) is 40.6. The molecule has 9 heteroatoms. The van der Waals surface area contributed by atoms with Crippen LogP contribution in [0.25, 0.3) is 0 Å². The number of carbonyl (C=O) groups excluding carboxylic acids is 2. The number of hydrogen-bond donors (Lipinski definition) is 3. The lowest BCUT2D eigenvalue weighted by Gasteiger charge is -2.13. The van der Waals surface area contributed by atoms with Gasteiger partial charge in [0, 0.05) is 6.61 Å². The van der Waals surface area contributed by atoms with Gasteiger partial charge in [0.15, 0.2) is 0 Å². The molecule has 0 atom stereocenters. The van der Waals surface area contributed by atoms with Crippen LogP contribution in [0.4, 0.5) is 4.79 Å². The van der Waals surface area contributed by atoms with Gasteiger partial charge in [-0.25, -0.2) is 14.2 Å². The van der Waals surface area contributed by atoms with E-state index in [1.54, 1.807) is 6.92 Å². The van der Waals surface area contributed by atoms with Gasteiger partial charge in [-0.05, 0) is 25.0 Å². The Hall–Kier alpha value is -1.73. The molecule has 0 saturated heterocycles. The summed E-state index contributed by atoms with van der Waals surface area (Å²) in [5, 5.41) is 8.97. The quantitative estimate of drug-likeness (QED) is 0.524. The summed E-state index contributed by atoms with van der Waals surface area (Å²) >= 11 is 0. The van der Waals surface area contributed by atoms with Crippen LogP contribution in [0.1, 0.15) is 22.8 Å². The third kappa shape index (κ3) is 4.64. The van der Waals surface area contributed by atoms with Crippen LogP contribution in [-0.2, 0) is 15.7 Å². The summed E-state index contributed by atoms with van der Waals surface area (Å²) in [5.74, 6) is -1.14. The minimum atomic E-state index is -5.08. The topological polar surface area (TPSA) is 130 Å². The smallest absolute Gasteiger partial charge is 0.433 e. The molecule has 0 aliphatic rings. The molecule has 1 aromatic carbocycles. The van der Waals surface area contributed by atoms with Crippen molar-refractivity contribution in [2.45, 2.75) is 13.3 Å². The highest BCUT2D eigenvalue weighted by Crippen LogP contribution is 2.38. The van der Waals surface area contributed by atoms with E-state index in [9.17, 15) is 14.2 Å². The molecule has 0 amide bonds. The third-order valence-electron chi connectivity index (χ3n) is 2.41. The minimum absolute atomic E-state index is 0.0676. The lowest BCUT2D eigenvalue weighted by Crippen LogP contribution is -2.14. The van der Waals surface area contributed by atoms with Crippen molar-refractivity contribution >= 4 is 19.3 Å². The molecule has 21 heavy (non-hydrogen) atoms. The number of aliphatic hydroxyl groups is 1. The van der Waals surface area contributed by atoms with Crippen molar-refractivity contribution in [1.82, 2.24) is 0 Å². The first-order valence-electron chi connectivity index (χ1n) is 5.99. The first-order valence-corrected chi connectivity index (χ1v) is 7.60. The van der Waals surface area contributed by atoms with Gasteiger partial charge in [-0.1, -0.05) is 12.1 Å². The Morgan fingerprint density at radius 2 is 1.95 bits per heavy atom. The second-order valence-corrected chi connectivity index (χ2v) is 5.35.